The lowest BCUT2D eigenvalue weighted by Gasteiger charge is -2.26. The highest BCUT2D eigenvalue weighted by atomic mass is 16.5. The monoisotopic (exact) mass is 259 g/mol. The molecule has 3 heteroatoms. The zero-order valence-electron chi connectivity index (χ0n) is 11.3. The Morgan fingerprint density at radius 1 is 1.05 bits per heavy atom. The summed E-state index contributed by atoms with van der Waals surface area (Å²) in [6.07, 6.45) is 9.54. The third-order valence-corrected chi connectivity index (χ3v) is 4.25. The molecule has 1 N–H and O–H groups in total. The van der Waals surface area contributed by atoms with Crippen LogP contribution in [0.15, 0.2) is 23.4 Å². The fraction of sp³-hybridized carbons (Fsp3) is 0.562. The van der Waals surface area contributed by atoms with Crippen LogP contribution in [0.25, 0.3) is 0 Å². The van der Waals surface area contributed by atoms with E-state index in [2.05, 4.69) is 11.2 Å². The molecule has 0 spiro atoms. The van der Waals surface area contributed by atoms with Gasteiger partial charge < -0.3 is 9.94 Å². The summed E-state index contributed by atoms with van der Waals surface area (Å²) in [7, 11) is 0. The summed E-state index contributed by atoms with van der Waals surface area (Å²) in [5, 5.41) is 12.5. The Morgan fingerprint density at radius 2 is 1.89 bits per heavy atom. The lowest BCUT2D eigenvalue weighted by molar-refractivity contribution is 0.153. The van der Waals surface area contributed by atoms with Crippen molar-refractivity contribution < 1.29 is 9.94 Å². The topological polar surface area (TPSA) is 41.8 Å². The van der Waals surface area contributed by atoms with E-state index in [0.717, 1.165) is 36.3 Å². The summed E-state index contributed by atoms with van der Waals surface area (Å²) in [6.45, 7) is 0. The number of hydrogen-bond acceptors (Lipinski definition) is 3. The van der Waals surface area contributed by atoms with Gasteiger partial charge in [-0.2, -0.15) is 0 Å². The van der Waals surface area contributed by atoms with E-state index in [1.165, 1.54) is 37.7 Å². The molecule has 3 nitrogen and oxygen atoms in total. The maximum absolute atomic E-state index is 9.10. The van der Waals surface area contributed by atoms with Crippen LogP contribution in [-0.4, -0.2) is 17.0 Å². The molecule has 0 heterocycles. The van der Waals surface area contributed by atoms with Gasteiger partial charge in [0.05, 0.1) is 11.8 Å². The molecule has 1 fully saturated rings. The van der Waals surface area contributed by atoms with Gasteiger partial charge in [-0.05, 0) is 51.0 Å². The van der Waals surface area contributed by atoms with E-state index in [4.69, 9.17) is 9.94 Å². The Balaban J connectivity index is 1.85. The first-order valence-corrected chi connectivity index (χ1v) is 7.38. The molecule has 0 aromatic heterocycles. The molecule has 1 aromatic rings. The van der Waals surface area contributed by atoms with Gasteiger partial charge in [-0.3, -0.25) is 0 Å². The van der Waals surface area contributed by atoms with Crippen molar-refractivity contribution in [1.82, 2.24) is 0 Å². The van der Waals surface area contributed by atoms with E-state index < -0.39 is 0 Å². The SMILES string of the molecule is ON=C1CCCc2c(OC3CCCCC3)cccc21. The predicted octanol–water partition coefficient (Wildman–Crippen LogP) is 3.91. The van der Waals surface area contributed by atoms with Crippen LogP contribution in [0.1, 0.15) is 56.1 Å². The molecule has 0 amide bonds. The van der Waals surface area contributed by atoms with E-state index in [0.29, 0.717) is 6.10 Å². The van der Waals surface area contributed by atoms with Crippen LogP contribution < -0.4 is 4.74 Å². The molecule has 1 saturated carbocycles. The van der Waals surface area contributed by atoms with Crippen molar-refractivity contribution in [2.75, 3.05) is 0 Å². The predicted molar refractivity (Wildman–Crippen MR) is 75.2 cm³/mol. The number of rotatable bonds is 2. The van der Waals surface area contributed by atoms with Crippen LogP contribution >= 0.6 is 0 Å². The molecule has 19 heavy (non-hydrogen) atoms. The third-order valence-electron chi connectivity index (χ3n) is 4.25. The Bertz CT molecular complexity index is 476. The first-order chi connectivity index (χ1) is 9.38. The van der Waals surface area contributed by atoms with Crippen molar-refractivity contribution >= 4 is 5.71 Å². The van der Waals surface area contributed by atoms with E-state index in [-0.39, 0.29) is 0 Å². The summed E-state index contributed by atoms with van der Waals surface area (Å²) < 4.78 is 6.21. The largest absolute Gasteiger partial charge is 0.490 e. The van der Waals surface area contributed by atoms with Gasteiger partial charge in [0.15, 0.2) is 0 Å². The van der Waals surface area contributed by atoms with Gasteiger partial charge in [-0.1, -0.05) is 23.7 Å². The van der Waals surface area contributed by atoms with Crippen LogP contribution in [0.5, 0.6) is 5.75 Å². The first kappa shape index (κ1) is 12.5. The van der Waals surface area contributed by atoms with Crippen molar-refractivity contribution in [2.45, 2.75) is 57.5 Å². The van der Waals surface area contributed by atoms with E-state index in [1.54, 1.807) is 0 Å². The second-order valence-corrected chi connectivity index (χ2v) is 5.56. The molecule has 102 valence electrons. The van der Waals surface area contributed by atoms with Gasteiger partial charge in [-0.25, -0.2) is 0 Å². The van der Waals surface area contributed by atoms with Crippen molar-refractivity contribution in [3.05, 3.63) is 29.3 Å². The van der Waals surface area contributed by atoms with Crippen LogP contribution in [-0.2, 0) is 6.42 Å². The van der Waals surface area contributed by atoms with Gasteiger partial charge in [0.2, 0.25) is 0 Å². The van der Waals surface area contributed by atoms with Gasteiger partial charge in [0, 0.05) is 11.1 Å². The van der Waals surface area contributed by atoms with Crippen LogP contribution in [0.4, 0.5) is 0 Å². The first-order valence-electron chi connectivity index (χ1n) is 7.38. The Morgan fingerprint density at radius 3 is 2.68 bits per heavy atom. The van der Waals surface area contributed by atoms with Crippen molar-refractivity contribution in [3.63, 3.8) is 0 Å². The van der Waals surface area contributed by atoms with Crippen LogP contribution in [0.2, 0.25) is 0 Å². The summed E-state index contributed by atoms with van der Waals surface area (Å²) in [5.74, 6) is 1.00. The smallest absolute Gasteiger partial charge is 0.123 e. The van der Waals surface area contributed by atoms with Crippen molar-refractivity contribution in [3.8, 4) is 5.75 Å². The number of hydrogen-bond donors (Lipinski definition) is 1. The van der Waals surface area contributed by atoms with Crippen LogP contribution in [0, 0.1) is 0 Å². The van der Waals surface area contributed by atoms with E-state index in [1.807, 2.05) is 12.1 Å². The second kappa shape index (κ2) is 5.64. The molecule has 1 aromatic carbocycles. The zero-order chi connectivity index (χ0) is 13.1. The maximum atomic E-state index is 9.10. The zero-order valence-corrected chi connectivity index (χ0v) is 11.3. The standard InChI is InChI=1S/C16H21NO2/c18-17-15-10-4-9-14-13(15)8-5-11-16(14)19-12-6-2-1-3-7-12/h5,8,11-12,18H,1-4,6-7,9-10H2. The summed E-state index contributed by atoms with van der Waals surface area (Å²) >= 11 is 0. The fourth-order valence-corrected chi connectivity index (χ4v) is 3.24. The third kappa shape index (κ3) is 2.60. The molecule has 0 atom stereocenters. The van der Waals surface area contributed by atoms with E-state index in [9.17, 15) is 0 Å². The lowest BCUT2D eigenvalue weighted by Crippen LogP contribution is -2.21. The van der Waals surface area contributed by atoms with Gasteiger partial charge in [-0.15, -0.1) is 0 Å². The number of fused-ring (bicyclic) bond motifs is 1. The number of oxime groups is 1. The lowest BCUT2D eigenvalue weighted by atomic mass is 9.89. The van der Waals surface area contributed by atoms with Gasteiger partial charge in [0.1, 0.15) is 5.75 Å². The Kier molecular flexibility index (Phi) is 3.72. The van der Waals surface area contributed by atoms with E-state index >= 15 is 0 Å². The molecule has 0 radical (unpaired) electrons. The molecule has 0 unspecified atom stereocenters. The quantitative estimate of drug-likeness (QED) is 0.646. The molecule has 2 aliphatic carbocycles. The summed E-state index contributed by atoms with van der Waals surface area (Å²) in [4.78, 5) is 0. The average Bonchev–Trinajstić information content (AvgIpc) is 2.48. The number of benzene rings is 1. The van der Waals surface area contributed by atoms with Crippen molar-refractivity contribution in [2.24, 2.45) is 5.16 Å². The normalized spacial score (nSPS) is 22.2. The number of nitrogens with zero attached hydrogens (tertiary/aromatic N) is 1. The minimum atomic E-state index is 0.372. The van der Waals surface area contributed by atoms with Gasteiger partial charge >= 0.3 is 0 Å². The molecule has 2 aliphatic rings. The summed E-state index contributed by atoms with van der Waals surface area (Å²) in [6, 6.07) is 6.11. The highest BCUT2D eigenvalue weighted by Crippen LogP contribution is 2.32. The highest BCUT2D eigenvalue weighted by Gasteiger charge is 2.22. The fourth-order valence-electron chi connectivity index (χ4n) is 3.24. The minimum absolute atomic E-state index is 0.372. The minimum Gasteiger partial charge on any atom is -0.490 e. The summed E-state index contributed by atoms with van der Waals surface area (Å²) in [5.41, 5.74) is 3.10. The molecular weight excluding hydrogens is 238 g/mol. The Hall–Kier alpha value is -1.51. The highest BCUT2D eigenvalue weighted by molar-refractivity contribution is 6.02. The maximum Gasteiger partial charge on any atom is 0.123 e. The average molecular weight is 259 g/mol. The molecule has 3 rings (SSSR count). The van der Waals surface area contributed by atoms with Crippen LogP contribution in [0.3, 0.4) is 0 Å². The second-order valence-electron chi connectivity index (χ2n) is 5.56. The van der Waals surface area contributed by atoms with Crippen molar-refractivity contribution in [1.29, 1.82) is 0 Å². The number of ether oxygens (including phenoxy) is 1. The molecule has 0 aliphatic heterocycles. The molecule has 0 bridgehead atoms. The molecule has 0 saturated heterocycles. The van der Waals surface area contributed by atoms with Gasteiger partial charge in [0.25, 0.3) is 0 Å². The Labute approximate surface area is 114 Å². The molecular formula is C16H21NO2.